The van der Waals surface area contributed by atoms with Gasteiger partial charge in [0.05, 0.1) is 18.4 Å². The number of pyridine rings is 2. The van der Waals surface area contributed by atoms with Gasteiger partial charge < -0.3 is 4.90 Å². The molecule has 0 N–H and O–H groups in total. The van der Waals surface area contributed by atoms with Crippen molar-refractivity contribution < 1.29 is 0 Å². The molecule has 5 heterocycles. The molecule has 0 aliphatic carbocycles. The number of fused-ring (bicyclic) bond motifs is 1. The molecule has 0 bridgehead atoms. The van der Waals surface area contributed by atoms with Crippen molar-refractivity contribution in [3.05, 3.63) is 55.2 Å². The molecule has 1 fully saturated rings. The third-order valence-corrected chi connectivity index (χ3v) is 5.27. The van der Waals surface area contributed by atoms with E-state index in [0.29, 0.717) is 6.04 Å². The van der Waals surface area contributed by atoms with Crippen LogP contribution in [0.4, 0.5) is 0 Å². The van der Waals surface area contributed by atoms with Gasteiger partial charge in [-0.1, -0.05) is 6.07 Å². The lowest BCUT2D eigenvalue weighted by Crippen LogP contribution is -2.31. The van der Waals surface area contributed by atoms with Gasteiger partial charge in [-0.05, 0) is 51.2 Å². The van der Waals surface area contributed by atoms with Gasteiger partial charge in [-0.15, -0.1) is 0 Å². The zero-order chi connectivity index (χ0) is 18.2. The Kier molecular flexibility index (Phi) is 3.94. The molecule has 1 saturated heterocycles. The minimum atomic E-state index is 0.434. The van der Waals surface area contributed by atoms with E-state index < -0.39 is 0 Å². The molecule has 5 rings (SSSR count). The van der Waals surface area contributed by atoms with Crippen molar-refractivity contribution in [2.24, 2.45) is 0 Å². The molecule has 0 atom stereocenters. The first-order valence-electron chi connectivity index (χ1n) is 9.26. The predicted octanol–water partition coefficient (Wildman–Crippen LogP) is 2.95. The number of hydrogen-bond acceptors (Lipinski definition) is 5. The van der Waals surface area contributed by atoms with E-state index in [1.54, 1.807) is 10.9 Å². The average molecular weight is 359 g/mol. The van der Waals surface area contributed by atoms with Crippen LogP contribution in [0.3, 0.4) is 0 Å². The van der Waals surface area contributed by atoms with Crippen molar-refractivity contribution in [1.82, 2.24) is 34.4 Å². The predicted molar refractivity (Wildman–Crippen MR) is 104 cm³/mol. The zero-order valence-electron chi connectivity index (χ0n) is 15.2. The SMILES string of the molecule is CN1CCC(n2ncc3cc(-c4cnn(-c5ccccn5)c4)cnc32)CC1. The number of likely N-dealkylation sites (tertiary alicyclic amines) is 1. The average Bonchev–Trinajstić information content (AvgIpc) is 3.36. The summed E-state index contributed by atoms with van der Waals surface area (Å²) in [6.45, 7) is 2.22. The Morgan fingerprint density at radius 3 is 2.67 bits per heavy atom. The summed E-state index contributed by atoms with van der Waals surface area (Å²) >= 11 is 0. The summed E-state index contributed by atoms with van der Waals surface area (Å²) in [5.74, 6) is 0.799. The first kappa shape index (κ1) is 16.1. The Morgan fingerprint density at radius 1 is 0.963 bits per heavy atom. The van der Waals surface area contributed by atoms with Gasteiger partial charge in [0.15, 0.2) is 11.5 Å². The van der Waals surface area contributed by atoms with Gasteiger partial charge in [-0.25, -0.2) is 19.3 Å². The van der Waals surface area contributed by atoms with Crippen LogP contribution in [0, 0.1) is 0 Å². The molecule has 7 nitrogen and oxygen atoms in total. The smallest absolute Gasteiger partial charge is 0.158 e. The molecule has 0 radical (unpaired) electrons. The fourth-order valence-electron chi connectivity index (χ4n) is 3.69. The van der Waals surface area contributed by atoms with Crippen LogP contribution in [-0.2, 0) is 0 Å². The number of nitrogens with zero attached hydrogens (tertiary/aromatic N) is 7. The molecule has 1 aliphatic rings. The number of hydrogen-bond donors (Lipinski definition) is 0. The molecular weight excluding hydrogens is 338 g/mol. The molecule has 136 valence electrons. The van der Waals surface area contributed by atoms with E-state index in [1.165, 1.54) is 0 Å². The maximum Gasteiger partial charge on any atom is 0.158 e. The Hall–Kier alpha value is -3.06. The monoisotopic (exact) mass is 359 g/mol. The highest BCUT2D eigenvalue weighted by atomic mass is 15.3. The molecular formula is C20H21N7. The van der Waals surface area contributed by atoms with Crippen LogP contribution in [0.5, 0.6) is 0 Å². The second-order valence-electron chi connectivity index (χ2n) is 7.12. The summed E-state index contributed by atoms with van der Waals surface area (Å²) in [5, 5.41) is 10.1. The Bertz CT molecular complexity index is 1060. The van der Waals surface area contributed by atoms with E-state index in [0.717, 1.165) is 53.9 Å². The minimum absolute atomic E-state index is 0.434. The standard InChI is InChI=1S/C20H21N7/c1-25-8-5-18(6-9-25)27-20-16(12-24-27)10-15(11-22-20)17-13-23-26(14-17)19-4-2-3-7-21-19/h2-4,7,10-14,18H,5-6,8-9H2,1H3. The highest BCUT2D eigenvalue weighted by Gasteiger charge is 2.21. The summed E-state index contributed by atoms with van der Waals surface area (Å²) in [4.78, 5) is 11.4. The van der Waals surface area contributed by atoms with Crippen molar-refractivity contribution in [2.45, 2.75) is 18.9 Å². The summed E-state index contributed by atoms with van der Waals surface area (Å²) in [6.07, 6.45) is 11.7. The van der Waals surface area contributed by atoms with Crippen LogP contribution >= 0.6 is 0 Å². The maximum absolute atomic E-state index is 4.73. The van der Waals surface area contributed by atoms with Crippen LogP contribution in [-0.4, -0.2) is 54.6 Å². The molecule has 4 aromatic heterocycles. The van der Waals surface area contributed by atoms with Crippen LogP contribution < -0.4 is 0 Å². The van der Waals surface area contributed by atoms with E-state index >= 15 is 0 Å². The van der Waals surface area contributed by atoms with E-state index in [2.05, 4.69) is 37.9 Å². The van der Waals surface area contributed by atoms with Gasteiger partial charge in [0.25, 0.3) is 0 Å². The third kappa shape index (κ3) is 3.00. The molecule has 0 amide bonds. The van der Waals surface area contributed by atoms with Crippen molar-refractivity contribution in [2.75, 3.05) is 20.1 Å². The van der Waals surface area contributed by atoms with Gasteiger partial charge in [0, 0.05) is 35.1 Å². The second kappa shape index (κ2) is 6.59. The van der Waals surface area contributed by atoms with Gasteiger partial charge in [0.2, 0.25) is 0 Å². The highest BCUT2D eigenvalue weighted by Crippen LogP contribution is 2.27. The summed E-state index contributed by atoms with van der Waals surface area (Å²) in [6, 6.07) is 8.36. The van der Waals surface area contributed by atoms with Gasteiger partial charge in [-0.2, -0.15) is 10.2 Å². The first-order valence-corrected chi connectivity index (χ1v) is 9.26. The van der Waals surface area contributed by atoms with Gasteiger partial charge >= 0.3 is 0 Å². The van der Waals surface area contributed by atoms with Crippen LogP contribution in [0.2, 0.25) is 0 Å². The lowest BCUT2D eigenvalue weighted by molar-refractivity contribution is 0.215. The largest absolute Gasteiger partial charge is 0.306 e. The highest BCUT2D eigenvalue weighted by molar-refractivity contribution is 5.80. The lowest BCUT2D eigenvalue weighted by atomic mass is 10.1. The first-order chi connectivity index (χ1) is 13.3. The number of piperidine rings is 1. The van der Waals surface area contributed by atoms with Crippen molar-refractivity contribution in [3.8, 4) is 16.9 Å². The van der Waals surface area contributed by atoms with Crippen molar-refractivity contribution in [1.29, 1.82) is 0 Å². The molecule has 1 aliphatic heterocycles. The molecule has 0 aromatic carbocycles. The quantitative estimate of drug-likeness (QED) is 0.563. The maximum atomic E-state index is 4.73. The Morgan fingerprint density at radius 2 is 1.85 bits per heavy atom. The molecule has 0 saturated carbocycles. The van der Waals surface area contributed by atoms with Crippen molar-refractivity contribution >= 4 is 11.0 Å². The number of aromatic nitrogens is 6. The topological polar surface area (TPSA) is 64.7 Å². The Balaban J connectivity index is 1.45. The van der Waals surface area contributed by atoms with E-state index in [-0.39, 0.29) is 0 Å². The van der Waals surface area contributed by atoms with Gasteiger partial charge in [0.1, 0.15) is 0 Å². The zero-order valence-corrected chi connectivity index (χ0v) is 15.2. The molecule has 0 spiro atoms. The second-order valence-corrected chi connectivity index (χ2v) is 7.12. The summed E-state index contributed by atoms with van der Waals surface area (Å²) in [7, 11) is 2.17. The minimum Gasteiger partial charge on any atom is -0.306 e. The fraction of sp³-hybridized carbons (Fsp3) is 0.300. The number of rotatable bonds is 3. The van der Waals surface area contributed by atoms with Crippen LogP contribution in [0.1, 0.15) is 18.9 Å². The molecule has 4 aromatic rings. The lowest BCUT2D eigenvalue weighted by Gasteiger charge is -2.29. The third-order valence-electron chi connectivity index (χ3n) is 5.27. The van der Waals surface area contributed by atoms with Crippen LogP contribution in [0.25, 0.3) is 28.0 Å². The molecule has 7 heteroatoms. The van der Waals surface area contributed by atoms with E-state index in [4.69, 9.17) is 4.98 Å². The summed E-state index contributed by atoms with van der Waals surface area (Å²) in [5.41, 5.74) is 3.01. The van der Waals surface area contributed by atoms with Crippen LogP contribution in [0.15, 0.2) is 55.2 Å². The van der Waals surface area contributed by atoms with E-state index in [9.17, 15) is 0 Å². The Labute approximate surface area is 157 Å². The van der Waals surface area contributed by atoms with Crippen molar-refractivity contribution in [3.63, 3.8) is 0 Å². The van der Waals surface area contributed by atoms with Gasteiger partial charge in [-0.3, -0.25) is 0 Å². The summed E-state index contributed by atoms with van der Waals surface area (Å²) < 4.78 is 3.88. The fourth-order valence-corrected chi connectivity index (χ4v) is 3.69. The molecule has 27 heavy (non-hydrogen) atoms. The van der Waals surface area contributed by atoms with E-state index in [1.807, 2.05) is 43.0 Å². The normalized spacial score (nSPS) is 16.2. The molecule has 0 unspecified atom stereocenters.